The second-order valence-corrected chi connectivity index (χ2v) is 4.98. The van der Waals surface area contributed by atoms with Crippen molar-refractivity contribution in [1.29, 1.82) is 0 Å². The van der Waals surface area contributed by atoms with Crippen molar-refractivity contribution in [2.75, 3.05) is 5.32 Å². The molecule has 0 spiro atoms. The van der Waals surface area contributed by atoms with Crippen LogP contribution < -0.4 is 5.32 Å². The van der Waals surface area contributed by atoms with Crippen molar-refractivity contribution in [2.45, 2.75) is 13.0 Å². The number of aliphatic hydroxyl groups is 1. The molecule has 0 bridgehead atoms. The lowest BCUT2D eigenvalue weighted by Crippen LogP contribution is -2.16. The summed E-state index contributed by atoms with van der Waals surface area (Å²) in [5, 5.41) is 12.7. The van der Waals surface area contributed by atoms with Crippen LogP contribution in [-0.2, 0) is 0 Å². The summed E-state index contributed by atoms with van der Waals surface area (Å²) in [6, 6.07) is 9.97. The van der Waals surface area contributed by atoms with Gasteiger partial charge < -0.3 is 10.4 Å². The highest BCUT2D eigenvalue weighted by Crippen LogP contribution is 2.24. The Hall–Kier alpha value is -1.62. The van der Waals surface area contributed by atoms with Crippen molar-refractivity contribution < 1.29 is 9.90 Å². The van der Waals surface area contributed by atoms with Crippen LogP contribution in [0.4, 0.5) is 5.69 Å². The van der Waals surface area contributed by atoms with E-state index in [1.54, 1.807) is 31.2 Å². The average molecular weight is 311 g/mol. The topological polar surface area (TPSA) is 62.2 Å². The number of carbonyl (C=O) groups is 1. The molecule has 1 atom stereocenters. The molecule has 2 aromatic rings. The van der Waals surface area contributed by atoms with Gasteiger partial charge in [-0.25, -0.2) is 4.98 Å². The third kappa shape index (κ3) is 3.28. The molecule has 2 rings (SSSR count). The van der Waals surface area contributed by atoms with Crippen molar-refractivity contribution in [1.82, 2.24) is 4.98 Å². The number of amides is 1. The zero-order chi connectivity index (χ0) is 14.7. The van der Waals surface area contributed by atoms with Crippen LogP contribution in [0, 0.1) is 0 Å². The molecule has 0 aliphatic carbocycles. The van der Waals surface area contributed by atoms with Crippen LogP contribution >= 0.6 is 23.2 Å². The quantitative estimate of drug-likeness (QED) is 0.850. The monoisotopic (exact) mass is 310 g/mol. The van der Waals surface area contributed by atoms with E-state index >= 15 is 0 Å². The Morgan fingerprint density at radius 2 is 1.95 bits per heavy atom. The molecule has 2 N–H and O–H groups in total. The maximum Gasteiger partial charge on any atom is 0.275 e. The van der Waals surface area contributed by atoms with Crippen LogP contribution in [0.2, 0.25) is 10.2 Å². The first-order valence-electron chi connectivity index (χ1n) is 5.89. The molecule has 1 aromatic carbocycles. The molecule has 0 saturated heterocycles. The van der Waals surface area contributed by atoms with Crippen LogP contribution in [-0.4, -0.2) is 16.0 Å². The molecule has 6 heteroatoms. The highest BCUT2D eigenvalue weighted by Gasteiger charge is 2.15. The average Bonchev–Trinajstić information content (AvgIpc) is 2.41. The normalized spacial score (nSPS) is 12.0. The first-order chi connectivity index (χ1) is 9.49. The molecule has 20 heavy (non-hydrogen) atoms. The molecule has 1 unspecified atom stereocenters. The third-order valence-electron chi connectivity index (χ3n) is 2.69. The first kappa shape index (κ1) is 14.8. The van der Waals surface area contributed by atoms with Crippen LogP contribution in [0.25, 0.3) is 0 Å². The molecule has 1 amide bonds. The second-order valence-electron chi connectivity index (χ2n) is 4.18. The summed E-state index contributed by atoms with van der Waals surface area (Å²) < 4.78 is 0. The van der Waals surface area contributed by atoms with Gasteiger partial charge in [-0.15, -0.1) is 0 Å². The van der Waals surface area contributed by atoms with Gasteiger partial charge in [0.05, 0.1) is 11.1 Å². The van der Waals surface area contributed by atoms with Gasteiger partial charge in [0, 0.05) is 11.3 Å². The molecule has 4 nitrogen and oxygen atoms in total. The van der Waals surface area contributed by atoms with E-state index in [2.05, 4.69) is 10.3 Å². The maximum atomic E-state index is 12.2. The number of aliphatic hydroxyl groups excluding tert-OH is 1. The fourth-order valence-electron chi connectivity index (χ4n) is 1.73. The number of hydrogen-bond donors (Lipinski definition) is 2. The van der Waals surface area contributed by atoms with E-state index in [0.29, 0.717) is 11.3 Å². The minimum Gasteiger partial charge on any atom is -0.389 e. The SMILES string of the molecule is CC(O)c1ccccc1NC(=O)c1nc(Cl)ccc1Cl. The molecular formula is C14H12Cl2N2O2. The Morgan fingerprint density at radius 1 is 1.25 bits per heavy atom. The summed E-state index contributed by atoms with van der Waals surface area (Å²) in [6.07, 6.45) is -0.700. The largest absolute Gasteiger partial charge is 0.389 e. The van der Waals surface area contributed by atoms with Gasteiger partial charge in [-0.1, -0.05) is 41.4 Å². The summed E-state index contributed by atoms with van der Waals surface area (Å²) in [7, 11) is 0. The summed E-state index contributed by atoms with van der Waals surface area (Å²) in [5.41, 5.74) is 1.16. The van der Waals surface area contributed by atoms with E-state index < -0.39 is 12.0 Å². The molecule has 0 fully saturated rings. The molecule has 0 radical (unpaired) electrons. The predicted octanol–water partition coefficient (Wildman–Crippen LogP) is 3.69. The number of aromatic nitrogens is 1. The minimum absolute atomic E-state index is 0.0413. The van der Waals surface area contributed by atoms with Crippen molar-refractivity contribution in [3.63, 3.8) is 0 Å². The number of halogens is 2. The lowest BCUT2D eigenvalue weighted by Gasteiger charge is -2.13. The fraction of sp³-hybridized carbons (Fsp3) is 0.143. The molecular weight excluding hydrogens is 299 g/mol. The molecule has 1 aromatic heterocycles. The van der Waals surface area contributed by atoms with Gasteiger partial charge in [0.15, 0.2) is 0 Å². The predicted molar refractivity (Wildman–Crippen MR) is 79.3 cm³/mol. The van der Waals surface area contributed by atoms with E-state index in [1.165, 1.54) is 12.1 Å². The van der Waals surface area contributed by atoms with Crippen LogP contribution in [0.1, 0.15) is 29.1 Å². The standard InChI is InChI=1S/C14H12Cl2N2O2/c1-8(19)9-4-2-3-5-11(9)17-14(20)13-10(15)6-7-12(16)18-13/h2-8,19H,1H3,(H,17,20). The Kier molecular flexibility index (Phi) is 4.60. The third-order valence-corrected chi connectivity index (χ3v) is 3.20. The second kappa shape index (κ2) is 6.22. The van der Waals surface area contributed by atoms with E-state index in [4.69, 9.17) is 23.2 Å². The number of rotatable bonds is 3. The smallest absolute Gasteiger partial charge is 0.275 e. The van der Waals surface area contributed by atoms with Crippen molar-refractivity contribution in [3.8, 4) is 0 Å². The van der Waals surface area contributed by atoms with E-state index in [9.17, 15) is 9.90 Å². The zero-order valence-electron chi connectivity index (χ0n) is 10.6. The Bertz CT molecular complexity index is 645. The minimum atomic E-state index is -0.700. The van der Waals surface area contributed by atoms with Gasteiger partial charge in [-0.05, 0) is 25.1 Å². The maximum absolute atomic E-state index is 12.2. The number of hydrogen-bond acceptors (Lipinski definition) is 3. The van der Waals surface area contributed by atoms with Crippen LogP contribution in [0.15, 0.2) is 36.4 Å². The number of nitrogens with zero attached hydrogens (tertiary/aromatic N) is 1. The number of benzene rings is 1. The Labute approximate surface area is 126 Å². The van der Waals surface area contributed by atoms with Crippen molar-refractivity contribution in [2.24, 2.45) is 0 Å². The number of pyridine rings is 1. The van der Waals surface area contributed by atoms with Crippen LogP contribution in [0.3, 0.4) is 0 Å². The lowest BCUT2D eigenvalue weighted by atomic mass is 10.1. The van der Waals surface area contributed by atoms with Crippen molar-refractivity contribution in [3.05, 3.63) is 57.8 Å². The number of anilines is 1. The van der Waals surface area contributed by atoms with Gasteiger partial charge >= 0.3 is 0 Å². The van der Waals surface area contributed by atoms with Gasteiger partial charge in [0.25, 0.3) is 5.91 Å². The number of para-hydroxylation sites is 1. The number of carbonyl (C=O) groups excluding carboxylic acids is 1. The highest BCUT2D eigenvalue weighted by molar-refractivity contribution is 6.35. The van der Waals surface area contributed by atoms with E-state index in [1.807, 2.05) is 0 Å². The zero-order valence-corrected chi connectivity index (χ0v) is 12.1. The lowest BCUT2D eigenvalue weighted by molar-refractivity contribution is 0.102. The number of nitrogens with one attached hydrogen (secondary N) is 1. The fourth-order valence-corrected chi connectivity index (χ4v) is 2.07. The van der Waals surface area contributed by atoms with Gasteiger partial charge in [0.2, 0.25) is 0 Å². The summed E-state index contributed by atoms with van der Waals surface area (Å²) >= 11 is 11.7. The summed E-state index contributed by atoms with van der Waals surface area (Å²) in [6.45, 7) is 1.62. The first-order valence-corrected chi connectivity index (χ1v) is 6.65. The van der Waals surface area contributed by atoms with E-state index in [-0.39, 0.29) is 15.9 Å². The molecule has 104 valence electrons. The Morgan fingerprint density at radius 3 is 2.65 bits per heavy atom. The molecule has 1 heterocycles. The molecule has 0 aliphatic heterocycles. The summed E-state index contributed by atoms with van der Waals surface area (Å²) in [5.74, 6) is -0.481. The van der Waals surface area contributed by atoms with Crippen molar-refractivity contribution >= 4 is 34.8 Å². The van der Waals surface area contributed by atoms with Gasteiger partial charge in [0.1, 0.15) is 10.8 Å². The molecule has 0 saturated carbocycles. The van der Waals surface area contributed by atoms with Crippen LogP contribution in [0.5, 0.6) is 0 Å². The summed E-state index contributed by atoms with van der Waals surface area (Å²) in [4.78, 5) is 16.1. The van der Waals surface area contributed by atoms with Gasteiger partial charge in [-0.3, -0.25) is 4.79 Å². The highest BCUT2D eigenvalue weighted by atomic mass is 35.5. The van der Waals surface area contributed by atoms with Gasteiger partial charge in [-0.2, -0.15) is 0 Å². The molecule has 0 aliphatic rings. The van der Waals surface area contributed by atoms with E-state index in [0.717, 1.165) is 0 Å². The Balaban J connectivity index is 2.31.